The molecule has 1 heterocycles. The Morgan fingerprint density at radius 2 is 2.00 bits per heavy atom. The maximum absolute atomic E-state index is 11.9. The molecule has 1 atom stereocenters. The van der Waals surface area contributed by atoms with Gasteiger partial charge in [-0.25, -0.2) is 0 Å². The molecule has 2 rings (SSSR count). The molecule has 0 aromatic heterocycles. The lowest BCUT2D eigenvalue weighted by atomic mass is 9.93. The normalized spacial score (nSPS) is 25.0. The summed E-state index contributed by atoms with van der Waals surface area (Å²) in [5, 5.41) is 3.71. The lowest BCUT2D eigenvalue weighted by Crippen LogP contribution is -2.47. The fraction of sp³-hybridized carbons (Fsp3) is 0.812. The maximum Gasteiger partial charge on any atom is 0.225 e. The average Bonchev–Trinajstić information content (AvgIpc) is 2.46. The molecule has 1 saturated heterocycles. The first-order valence-corrected chi connectivity index (χ1v) is 7.84. The molecular weight excluding hydrogens is 236 g/mol. The average molecular weight is 264 g/mol. The zero-order valence-corrected chi connectivity index (χ0v) is 12.4. The summed E-state index contributed by atoms with van der Waals surface area (Å²) < 4.78 is 0. The molecule has 1 fully saturated rings. The van der Waals surface area contributed by atoms with Crippen molar-refractivity contribution in [1.82, 2.24) is 10.2 Å². The molecule has 0 aromatic carbocycles. The molecule has 1 amide bonds. The van der Waals surface area contributed by atoms with Crippen molar-refractivity contribution >= 4 is 5.91 Å². The number of nitrogens with zero attached hydrogens (tertiary/aromatic N) is 1. The molecular formula is C16H28N2O. The number of piperidine rings is 1. The van der Waals surface area contributed by atoms with Crippen LogP contribution in [0.2, 0.25) is 0 Å². The Kier molecular flexibility index (Phi) is 5.44. The van der Waals surface area contributed by atoms with Crippen LogP contribution in [0, 0.1) is 11.8 Å². The molecule has 0 spiro atoms. The summed E-state index contributed by atoms with van der Waals surface area (Å²) in [4.78, 5) is 13.9. The molecule has 0 aromatic rings. The van der Waals surface area contributed by atoms with Gasteiger partial charge in [-0.05, 0) is 44.6 Å². The standard InChI is InChI=1S/C16H28N2O/c1-13(2)16(19)18-10-8-15(9-11-18)17-12-14-6-4-3-5-7-14/h3-4,13-15,17H,5-12H2,1-2H3. The van der Waals surface area contributed by atoms with Gasteiger partial charge in [-0.1, -0.05) is 26.0 Å². The van der Waals surface area contributed by atoms with Crippen LogP contribution in [0.5, 0.6) is 0 Å². The van der Waals surface area contributed by atoms with Gasteiger partial charge in [-0.15, -0.1) is 0 Å². The molecule has 2 aliphatic rings. The van der Waals surface area contributed by atoms with E-state index >= 15 is 0 Å². The van der Waals surface area contributed by atoms with E-state index in [1.165, 1.54) is 19.3 Å². The Balaban J connectivity index is 1.66. The van der Waals surface area contributed by atoms with Gasteiger partial charge >= 0.3 is 0 Å². The van der Waals surface area contributed by atoms with Gasteiger partial charge in [0.1, 0.15) is 0 Å². The summed E-state index contributed by atoms with van der Waals surface area (Å²) in [6.07, 6.45) is 10.6. The van der Waals surface area contributed by atoms with E-state index in [9.17, 15) is 4.79 Å². The van der Waals surface area contributed by atoms with E-state index in [0.717, 1.165) is 38.4 Å². The van der Waals surface area contributed by atoms with Crippen molar-refractivity contribution in [1.29, 1.82) is 0 Å². The van der Waals surface area contributed by atoms with E-state index in [4.69, 9.17) is 0 Å². The van der Waals surface area contributed by atoms with Crippen molar-refractivity contribution in [3.8, 4) is 0 Å². The molecule has 0 radical (unpaired) electrons. The largest absolute Gasteiger partial charge is 0.342 e. The Bertz CT molecular complexity index is 317. The van der Waals surface area contributed by atoms with Crippen molar-refractivity contribution in [2.45, 2.75) is 52.0 Å². The zero-order chi connectivity index (χ0) is 13.7. The Morgan fingerprint density at radius 1 is 1.26 bits per heavy atom. The van der Waals surface area contributed by atoms with E-state index in [1.807, 2.05) is 18.7 Å². The summed E-state index contributed by atoms with van der Waals surface area (Å²) in [5.41, 5.74) is 0. The van der Waals surface area contributed by atoms with E-state index in [1.54, 1.807) is 0 Å². The highest BCUT2D eigenvalue weighted by Crippen LogP contribution is 2.18. The van der Waals surface area contributed by atoms with Crippen LogP contribution in [-0.2, 0) is 4.79 Å². The van der Waals surface area contributed by atoms with Gasteiger partial charge in [0.25, 0.3) is 0 Å². The van der Waals surface area contributed by atoms with Gasteiger partial charge in [-0.3, -0.25) is 4.79 Å². The van der Waals surface area contributed by atoms with Crippen molar-refractivity contribution < 1.29 is 4.79 Å². The van der Waals surface area contributed by atoms with Crippen LogP contribution in [0.1, 0.15) is 46.0 Å². The number of hydrogen-bond acceptors (Lipinski definition) is 2. The van der Waals surface area contributed by atoms with E-state index in [-0.39, 0.29) is 5.92 Å². The van der Waals surface area contributed by atoms with Gasteiger partial charge in [0.2, 0.25) is 5.91 Å². The first-order valence-electron chi connectivity index (χ1n) is 7.84. The lowest BCUT2D eigenvalue weighted by Gasteiger charge is -2.34. The van der Waals surface area contributed by atoms with Gasteiger partial charge in [-0.2, -0.15) is 0 Å². The second kappa shape index (κ2) is 7.09. The number of carbonyl (C=O) groups excluding carboxylic acids is 1. The number of amides is 1. The number of allylic oxidation sites excluding steroid dienone is 2. The van der Waals surface area contributed by atoms with E-state index in [2.05, 4.69) is 17.5 Å². The highest BCUT2D eigenvalue weighted by Gasteiger charge is 2.24. The molecule has 1 N–H and O–H groups in total. The third-order valence-corrected chi connectivity index (χ3v) is 4.37. The minimum Gasteiger partial charge on any atom is -0.342 e. The van der Waals surface area contributed by atoms with Crippen molar-refractivity contribution in [2.75, 3.05) is 19.6 Å². The van der Waals surface area contributed by atoms with Crippen LogP contribution < -0.4 is 5.32 Å². The van der Waals surface area contributed by atoms with Gasteiger partial charge in [0, 0.05) is 25.0 Å². The van der Waals surface area contributed by atoms with Crippen LogP contribution >= 0.6 is 0 Å². The van der Waals surface area contributed by atoms with Gasteiger partial charge < -0.3 is 10.2 Å². The van der Waals surface area contributed by atoms with E-state index < -0.39 is 0 Å². The smallest absolute Gasteiger partial charge is 0.225 e. The summed E-state index contributed by atoms with van der Waals surface area (Å²) >= 11 is 0. The number of carbonyl (C=O) groups is 1. The van der Waals surface area contributed by atoms with Crippen LogP contribution in [0.4, 0.5) is 0 Å². The molecule has 1 unspecified atom stereocenters. The quantitative estimate of drug-likeness (QED) is 0.792. The topological polar surface area (TPSA) is 32.3 Å². The minimum absolute atomic E-state index is 0.138. The van der Waals surface area contributed by atoms with Crippen molar-refractivity contribution in [3.05, 3.63) is 12.2 Å². The molecule has 108 valence electrons. The number of rotatable bonds is 4. The van der Waals surface area contributed by atoms with Crippen LogP contribution in [0.3, 0.4) is 0 Å². The lowest BCUT2D eigenvalue weighted by molar-refractivity contribution is -0.135. The first kappa shape index (κ1) is 14.6. The fourth-order valence-electron chi connectivity index (χ4n) is 3.04. The van der Waals surface area contributed by atoms with Crippen LogP contribution in [-0.4, -0.2) is 36.5 Å². The molecule has 19 heavy (non-hydrogen) atoms. The first-order chi connectivity index (χ1) is 9.16. The zero-order valence-electron chi connectivity index (χ0n) is 12.4. The highest BCUT2D eigenvalue weighted by atomic mass is 16.2. The fourth-order valence-corrected chi connectivity index (χ4v) is 3.04. The van der Waals surface area contributed by atoms with Crippen LogP contribution in [0.25, 0.3) is 0 Å². The second-order valence-electron chi connectivity index (χ2n) is 6.31. The Labute approximate surface area is 117 Å². The number of likely N-dealkylation sites (tertiary alicyclic amines) is 1. The summed E-state index contributed by atoms with van der Waals surface area (Å²) in [7, 11) is 0. The molecule has 1 aliphatic carbocycles. The van der Waals surface area contributed by atoms with Crippen molar-refractivity contribution in [2.24, 2.45) is 11.8 Å². The monoisotopic (exact) mass is 264 g/mol. The molecule has 3 nitrogen and oxygen atoms in total. The molecule has 0 saturated carbocycles. The summed E-state index contributed by atoms with van der Waals surface area (Å²) in [6.45, 7) is 6.98. The van der Waals surface area contributed by atoms with Gasteiger partial charge in [0.15, 0.2) is 0 Å². The minimum atomic E-state index is 0.138. The summed E-state index contributed by atoms with van der Waals surface area (Å²) in [6, 6.07) is 0.613. The third kappa shape index (κ3) is 4.34. The predicted octanol–water partition coefficient (Wildman–Crippen LogP) is 2.58. The molecule has 0 bridgehead atoms. The van der Waals surface area contributed by atoms with Gasteiger partial charge in [0.05, 0.1) is 0 Å². The number of nitrogens with one attached hydrogen (secondary N) is 1. The Morgan fingerprint density at radius 3 is 2.58 bits per heavy atom. The van der Waals surface area contributed by atoms with E-state index in [0.29, 0.717) is 11.9 Å². The SMILES string of the molecule is CC(C)C(=O)N1CCC(NCC2CC=CCC2)CC1. The van der Waals surface area contributed by atoms with Crippen LogP contribution in [0.15, 0.2) is 12.2 Å². The second-order valence-corrected chi connectivity index (χ2v) is 6.31. The Hall–Kier alpha value is -0.830. The van der Waals surface area contributed by atoms with Crippen molar-refractivity contribution in [3.63, 3.8) is 0 Å². The third-order valence-electron chi connectivity index (χ3n) is 4.37. The molecule has 1 aliphatic heterocycles. The maximum atomic E-state index is 11.9. The number of hydrogen-bond donors (Lipinski definition) is 1. The molecule has 3 heteroatoms. The highest BCUT2D eigenvalue weighted by molar-refractivity contribution is 5.78. The predicted molar refractivity (Wildman–Crippen MR) is 78.9 cm³/mol. The summed E-state index contributed by atoms with van der Waals surface area (Å²) in [5.74, 6) is 1.27.